The molecule has 0 bridgehead atoms. The van der Waals surface area contributed by atoms with Crippen molar-refractivity contribution in [2.24, 2.45) is 5.84 Å². The zero-order valence-electron chi connectivity index (χ0n) is 11.6. The van der Waals surface area contributed by atoms with Crippen LogP contribution in [0.2, 0.25) is 0 Å². The van der Waals surface area contributed by atoms with E-state index in [1.165, 1.54) is 11.1 Å². The third kappa shape index (κ3) is 3.69. The van der Waals surface area contributed by atoms with E-state index in [0.29, 0.717) is 0 Å². The molecule has 102 valence electrons. The molecule has 1 atom stereocenters. The molecule has 2 rings (SSSR count). The standard InChI is InChI=1S/C16H22N2O/c1-12-11-15(13(2)19-12)16(18-17)10-6-9-14-7-4-3-5-8-14/h3-5,7-8,11,16,18H,6,9-10,17H2,1-2H3. The molecule has 0 radical (unpaired) electrons. The molecule has 0 saturated heterocycles. The molecule has 0 amide bonds. The molecular formula is C16H22N2O. The van der Waals surface area contributed by atoms with E-state index < -0.39 is 0 Å². The third-order valence-electron chi connectivity index (χ3n) is 3.46. The summed E-state index contributed by atoms with van der Waals surface area (Å²) in [6.45, 7) is 3.96. The Labute approximate surface area is 114 Å². The molecule has 1 aromatic heterocycles. The number of hydrazine groups is 1. The number of aryl methyl sites for hydroxylation is 3. The van der Waals surface area contributed by atoms with Crippen LogP contribution in [-0.2, 0) is 6.42 Å². The Bertz CT molecular complexity index is 505. The Hall–Kier alpha value is -1.58. The molecule has 3 N–H and O–H groups in total. The van der Waals surface area contributed by atoms with E-state index in [4.69, 9.17) is 10.3 Å². The van der Waals surface area contributed by atoms with Crippen LogP contribution in [0.5, 0.6) is 0 Å². The number of benzene rings is 1. The largest absolute Gasteiger partial charge is 0.466 e. The summed E-state index contributed by atoms with van der Waals surface area (Å²) in [5.74, 6) is 7.57. The molecule has 0 fully saturated rings. The average molecular weight is 258 g/mol. The van der Waals surface area contributed by atoms with Gasteiger partial charge in [0.2, 0.25) is 0 Å². The zero-order valence-corrected chi connectivity index (χ0v) is 11.6. The van der Waals surface area contributed by atoms with Gasteiger partial charge in [0.05, 0.1) is 0 Å². The van der Waals surface area contributed by atoms with E-state index >= 15 is 0 Å². The van der Waals surface area contributed by atoms with Crippen molar-refractivity contribution in [2.45, 2.75) is 39.2 Å². The van der Waals surface area contributed by atoms with Crippen LogP contribution in [0.4, 0.5) is 0 Å². The number of hydrogen-bond donors (Lipinski definition) is 2. The highest BCUT2D eigenvalue weighted by Gasteiger charge is 2.15. The summed E-state index contributed by atoms with van der Waals surface area (Å²) in [5, 5.41) is 0. The van der Waals surface area contributed by atoms with E-state index in [-0.39, 0.29) is 6.04 Å². The second-order valence-electron chi connectivity index (χ2n) is 4.97. The van der Waals surface area contributed by atoms with Crippen LogP contribution in [0.3, 0.4) is 0 Å². The minimum absolute atomic E-state index is 0.168. The molecule has 0 aliphatic carbocycles. The fourth-order valence-electron chi connectivity index (χ4n) is 2.48. The molecule has 1 unspecified atom stereocenters. The lowest BCUT2D eigenvalue weighted by molar-refractivity contribution is 0.467. The maximum Gasteiger partial charge on any atom is 0.105 e. The van der Waals surface area contributed by atoms with Crippen LogP contribution in [0.25, 0.3) is 0 Å². The maximum absolute atomic E-state index is 5.67. The van der Waals surface area contributed by atoms with Crippen LogP contribution in [0.1, 0.15) is 41.5 Å². The molecule has 19 heavy (non-hydrogen) atoms. The van der Waals surface area contributed by atoms with Gasteiger partial charge in [-0.15, -0.1) is 0 Å². The molecule has 0 saturated carbocycles. The Kier molecular flexibility index (Phi) is 4.77. The topological polar surface area (TPSA) is 51.2 Å². The monoisotopic (exact) mass is 258 g/mol. The van der Waals surface area contributed by atoms with Crippen molar-refractivity contribution in [3.63, 3.8) is 0 Å². The van der Waals surface area contributed by atoms with Gasteiger partial charge in [0.15, 0.2) is 0 Å². The first kappa shape index (κ1) is 13.8. The fraction of sp³-hybridized carbons (Fsp3) is 0.375. The molecule has 1 aromatic carbocycles. The molecule has 3 heteroatoms. The molecule has 1 heterocycles. The highest BCUT2D eigenvalue weighted by molar-refractivity contribution is 5.24. The van der Waals surface area contributed by atoms with E-state index in [9.17, 15) is 0 Å². The van der Waals surface area contributed by atoms with Gasteiger partial charge < -0.3 is 4.42 Å². The predicted molar refractivity (Wildman–Crippen MR) is 77.6 cm³/mol. The molecular weight excluding hydrogens is 236 g/mol. The van der Waals surface area contributed by atoms with Crippen LogP contribution >= 0.6 is 0 Å². The van der Waals surface area contributed by atoms with E-state index in [1.807, 2.05) is 19.9 Å². The van der Waals surface area contributed by atoms with Gasteiger partial charge in [-0.1, -0.05) is 30.3 Å². The minimum Gasteiger partial charge on any atom is -0.466 e. The minimum atomic E-state index is 0.168. The van der Waals surface area contributed by atoms with Crippen LogP contribution < -0.4 is 11.3 Å². The lowest BCUT2D eigenvalue weighted by Gasteiger charge is -2.15. The quantitative estimate of drug-likeness (QED) is 0.616. The van der Waals surface area contributed by atoms with Gasteiger partial charge in [0.25, 0.3) is 0 Å². The molecule has 0 aliphatic rings. The summed E-state index contributed by atoms with van der Waals surface area (Å²) in [4.78, 5) is 0. The molecule has 2 aromatic rings. The van der Waals surface area contributed by atoms with E-state index in [0.717, 1.165) is 30.8 Å². The van der Waals surface area contributed by atoms with Crippen molar-refractivity contribution in [3.05, 3.63) is 59.0 Å². The first-order valence-corrected chi connectivity index (χ1v) is 6.77. The van der Waals surface area contributed by atoms with Crippen molar-refractivity contribution in [2.75, 3.05) is 0 Å². The Morgan fingerprint density at radius 2 is 1.95 bits per heavy atom. The zero-order chi connectivity index (χ0) is 13.7. The van der Waals surface area contributed by atoms with Crippen molar-refractivity contribution < 1.29 is 4.42 Å². The van der Waals surface area contributed by atoms with Crippen LogP contribution in [0, 0.1) is 13.8 Å². The second kappa shape index (κ2) is 6.55. The summed E-state index contributed by atoms with van der Waals surface area (Å²) in [7, 11) is 0. The summed E-state index contributed by atoms with van der Waals surface area (Å²) < 4.78 is 5.57. The lowest BCUT2D eigenvalue weighted by Crippen LogP contribution is -2.28. The summed E-state index contributed by atoms with van der Waals surface area (Å²) in [5.41, 5.74) is 5.45. The Morgan fingerprint density at radius 3 is 2.53 bits per heavy atom. The number of nitrogens with two attached hydrogens (primary N) is 1. The first-order valence-electron chi connectivity index (χ1n) is 6.77. The van der Waals surface area contributed by atoms with E-state index in [2.05, 4.69) is 35.8 Å². The lowest BCUT2D eigenvalue weighted by atomic mass is 10.00. The van der Waals surface area contributed by atoms with Gasteiger partial charge in [-0.3, -0.25) is 11.3 Å². The smallest absolute Gasteiger partial charge is 0.105 e. The van der Waals surface area contributed by atoms with Crippen molar-refractivity contribution in [3.8, 4) is 0 Å². The third-order valence-corrected chi connectivity index (χ3v) is 3.46. The molecule has 3 nitrogen and oxygen atoms in total. The van der Waals surface area contributed by atoms with Gasteiger partial charge in [-0.05, 0) is 44.7 Å². The summed E-state index contributed by atoms with van der Waals surface area (Å²) in [6.07, 6.45) is 3.18. The van der Waals surface area contributed by atoms with Gasteiger partial charge in [0.1, 0.15) is 11.5 Å². The Balaban J connectivity index is 1.91. The molecule has 0 aliphatic heterocycles. The highest BCUT2D eigenvalue weighted by Crippen LogP contribution is 2.25. The summed E-state index contributed by atoms with van der Waals surface area (Å²) >= 11 is 0. The second-order valence-corrected chi connectivity index (χ2v) is 4.97. The van der Waals surface area contributed by atoms with Crippen molar-refractivity contribution in [1.29, 1.82) is 0 Å². The highest BCUT2D eigenvalue weighted by atomic mass is 16.3. The maximum atomic E-state index is 5.67. The van der Waals surface area contributed by atoms with Crippen LogP contribution in [-0.4, -0.2) is 0 Å². The predicted octanol–water partition coefficient (Wildman–Crippen LogP) is 3.42. The van der Waals surface area contributed by atoms with Crippen molar-refractivity contribution in [1.82, 2.24) is 5.43 Å². The van der Waals surface area contributed by atoms with Gasteiger partial charge in [0, 0.05) is 11.6 Å². The van der Waals surface area contributed by atoms with E-state index in [1.54, 1.807) is 0 Å². The number of furan rings is 1. The van der Waals surface area contributed by atoms with Gasteiger partial charge >= 0.3 is 0 Å². The normalized spacial score (nSPS) is 12.6. The fourth-order valence-corrected chi connectivity index (χ4v) is 2.48. The SMILES string of the molecule is Cc1cc(C(CCCc2ccccc2)NN)c(C)o1. The van der Waals surface area contributed by atoms with Crippen LogP contribution in [0.15, 0.2) is 40.8 Å². The van der Waals surface area contributed by atoms with Gasteiger partial charge in [-0.25, -0.2) is 0 Å². The Morgan fingerprint density at radius 1 is 1.21 bits per heavy atom. The van der Waals surface area contributed by atoms with Gasteiger partial charge in [-0.2, -0.15) is 0 Å². The molecule has 0 spiro atoms. The van der Waals surface area contributed by atoms with Crippen molar-refractivity contribution >= 4 is 0 Å². The average Bonchev–Trinajstić information content (AvgIpc) is 2.75. The number of rotatable bonds is 6. The number of nitrogens with one attached hydrogen (secondary N) is 1. The first-order chi connectivity index (χ1) is 9.20. The number of hydrogen-bond acceptors (Lipinski definition) is 3. The summed E-state index contributed by atoms with van der Waals surface area (Å²) in [6, 6.07) is 12.8.